The van der Waals surface area contributed by atoms with Crippen LogP contribution in [0.1, 0.15) is 39.0 Å². The van der Waals surface area contributed by atoms with Gasteiger partial charge in [-0.25, -0.2) is 0 Å². The molecular weight excluding hydrogens is 340 g/mol. The lowest BCUT2D eigenvalue weighted by Crippen LogP contribution is -2.58. The fraction of sp³-hybridized carbons (Fsp3) is 0.636. The highest BCUT2D eigenvalue weighted by atomic mass is 16.5. The zero-order valence-corrected chi connectivity index (χ0v) is 16.1. The van der Waals surface area contributed by atoms with Gasteiger partial charge in [0.25, 0.3) is 5.91 Å². The molecule has 1 atom stereocenters. The second-order valence-electron chi connectivity index (χ2n) is 9.08. The van der Waals surface area contributed by atoms with Crippen molar-refractivity contribution >= 4 is 17.5 Å². The third kappa shape index (κ3) is 2.74. The van der Waals surface area contributed by atoms with E-state index in [1.54, 1.807) is 11.8 Å². The molecule has 5 nitrogen and oxygen atoms in total. The molecule has 4 aliphatic carbocycles. The van der Waals surface area contributed by atoms with Crippen molar-refractivity contribution in [1.82, 2.24) is 4.90 Å². The lowest BCUT2D eigenvalue weighted by atomic mass is 9.54. The number of rotatable bonds is 3. The number of hydrogen-bond donors (Lipinski definition) is 0. The third-order valence-electron chi connectivity index (χ3n) is 7.38. The average Bonchev–Trinajstić information content (AvgIpc) is 2.64. The van der Waals surface area contributed by atoms with Crippen LogP contribution in [0.5, 0.6) is 5.75 Å². The van der Waals surface area contributed by atoms with Gasteiger partial charge in [0.05, 0.1) is 5.69 Å². The van der Waals surface area contributed by atoms with Crippen LogP contribution in [-0.4, -0.2) is 42.5 Å². The fourth-order valence-corrected chi connectivity index (χ4v) is 6.46. The molecule has 1 aromatic rings. The smallest absolute Gasteiger partial charge is 0.268 e. The molecule has 144 valence electrons. The summed E-state index contributed by atoms with van der Waals surface area (Å²) in [5, 5.41) is 0. The normalized spacial score (nSPS) is 36.4. The van der Waals surface area contributed by atoms with Crippen molar-refractivity contribution in [3.05, 3.63) is 24.3 Å². The minimum atomic E-state index is -0.556. The lowest BCUT2D eigenvalue weighted by molar-refractivity contribution is -0.141. The minimum absolute atomic E-state index is 0.0460. The molecule has 5 aliphatic rings. The van der Waals surface area contributed by atoms with Gasteiger partial charge in [0.1, 0.15) is 12.3 Å². The van der Waals surface area contributed by atoms with Crippen LogP contribution >= 0.6 is 0 Å². The molecule has 0 radical (unpaired) electrons. The molecule has 2 amide bonds. The molecule has 0 spiro atoms. The van der Waals surface area contributed by atoms with Crippen molar-refractivity contribution in [2.45, 2.75) is 51.2 Å². The van der Waals surface area contributed by atoms with Crippen molar-refractivity contribution < 1.29 is 14.3 Å². The monoisotopic (exact) mass is 368 g/mol. The van der Waals surface area contributed by atoms with Gasteiger partial charge in [-0.2, -0.15) is 0 Å². The van der Waals surface area contributed by atoms with Crippen LogP contribution in [-0.2, 0) is 9.59 Å². The largest absolute Gasteiger partial charge is 0.479 e. The molecule has 4 fully saturated rings. The Balaban J connectivity index is 1.35. The summed E-state index contributed by atoms with van der Waals surface area (Å²) in [7, 11) is 1.95. The van der Waals surface area contributed by atoms with Crippen LogP contribution in [0, 0.1) is 23.7 Å². The molecule has 0 N–H and O–H groups in total. The SMILES string of the molecule is CC1Oc2ccccc2N(CC(=O)N(C)C2C3CC4CC(C3)CC2C4)C1=O. The summed E-state index contributed by atoms with van der Waals surface area (Å²) in [6, 6.07) is 7.84. The van der Waals surface area contributed by atoms with E-state index in [-0.39, 0.29) is 18.4 Å². The summed E-state index contributed by atoms with van der Waals surface area (Å²) < 4.78 is 5.69. The topological polar surface area (TPSA) is 49.9 Å². The molecule has 1 unspecified atom stereocenters. The number of likely N-dealkylation sites (N-methyl/N-ethyl adjacent to an activating group) is 1. The first kappa shape index (κ1) is 17.1. The van der Waals surface area contributed by atoms with Crippen molar-refractivity contribution in [3.63, 3.8) is 0 Å². The summed E-state index contributed by atoms with van der Waals surface area (Å²) in [6.45, 7) is 1.85. The van der Waals surface area contributed by atoms with Crippen LogP contribution < -0.4 is 9.64 Å². The molecule has 1 heterocycles. The second-order valence-corrected chi connectivity index (χ2v) is 9.08. The van der Waals surface area contributed by atoms with E-state index in [2.05, 4.69) is 0 Å². The van der Waals surface area contributed by atoms with Crippen LogP contribution in [0.4, 0.5) is 5.69 Å². The lowest BCUT2D eigenvalue weighted by Gasteiger charge is -2.56. The summed E-state index contributed by atoms with van der Waals surface area (Å²) in [6.07, 6.45) is 5.99. The van der Waals surface area contributed by atoms with E-state index >= 15 is 0 Å². The van der Waals surface area contributed by atoms with E-state index in [4.69, 9.17) is 4.74 Å². The minimum Gasteiger partial charge on any atom is -0.479 e. The summed E-state index contributed by atoms with van der Waals surface area (Å²) in [4.78, 5) is 29.5. The van der Waals surface area contributed by atoms with E-state index in [1.807, 2.05) is 36.2 Å². The number of carbonyl (C=O) groups is 2. The first-order chi connectivity index (χ1) is 13.0. The third-order valence-corrected chi connectivity index (χ3v) is 7.38. The summed E-state index contributed by atoms with van der Waals surface area (Å²) in [5.74, 6) is 3.67. The number of para-hydroxylation sites is 2. The Morgan fingerprint density at radius 1 is 1.11 bits per heavy atom. The highest BCUT2D eigenvalue weighted by Crippen LogP contribution is 2.55. The number of benzene rings is 1. The Morgan fingerprint density at radius 3 is 2.41 bits per heavy atom. The van der Waals surface area contributed by atoms with E-state index in [1.165, 1.54) is 32.1 Å². The first-order valence-corrected chi connectivity index (χ1v) is 10.3. The molecule has 0 aromatic heterocycles. The van der Waals surface area contributed by atoms with Crippen LogP contribution in [0.25, 0.3) is 0 Å². The Bertz CT molecular complexity index is 749. The van der Waals surface area contributed by atoms with Crippen LogP contribution in [0.3, 0.4) is 0 Å². The molecule has 5 heteroatoms. The van der Waals surface area contributed by atoms with Gasteiger partial charge in [-0.05, 0) is 74.8 Å². The first-order valence-electron chi connectivity index (χ1n) is 10.3. The zero-order valence-electron chi connectivity index (χ0n) is 16.1. The van der Waals surface area contributed by atoms with Crippen molar-refractivity contribution in [2.24, 2.45) is 23.7 Å². The maximum atomic E-state index is 13.2. The molecule has 4 saturated carbocycles. The Kier molecular flexibility index (Phi) is 3.95. The van der Waals surface area contributed by atoms with Gasteiger partial charge in [0.2, 0.25) is 5.91 Å². The molecule has 1 aromatic carbocycles. The number of amides is 2. The standard InChI is InChI=1S/C22H28N2O3/c1-13-22(26)24(18-5-3-4-6-19(18)27-13)12-20(25)23(2)21-16-8-14-7-15(10-16)11-17(21)9-14/h3-6,13-17,21H,7-12H2,1-2H3. The molecule has 6 rings (SSSR count). The highest BCUT2D eigenvalue weighted by Gasteiger charge is 2.50. The van der Waals surface area contributed by atoms with Gasteiger partial charge in [-0.15, -0.1) is 0 Å². The van der Waals surface area contributed by atoms with Crippen molar-refractivity contribution in [1.29, 1.82) is 0 Å². The predicted molar refractivity (Wildman–Crippen MR) is 102 cm³/mol. The van der Waals surface area contributed by atoms with E-state index in [9.17, 15) is 9.59 Å². The van der Waals surface area contributed by atoms with Gasteiger partial charge < -0.3 is 9.64 Å². The van der Waals surface area contributed by atoms with Gasteiger partial charge >= 0.3 is 0 Å². The number of carbonyl (C=O) groups excluding carboxylic acids is 2. The summed E-state index contributed by atoms with van der Waals surface area (Å²) in [5.41, 5.74) is 0.701. The molecule has 0 saturated heterocycles. The van der Waals surface area contributed by atoms with Gasteiger partial charge in [0, 0.05) is 13.1 Å². The Labute approximate surface area is 160 Å². The number of hydrogen-bond acceptors (Lipinski definition) is 3. The fourth-order valence-electron chi connectivity index (χ4n) is 6.46. The van der Waals surface area contributed by atoms with E-state index in [0.717, 1.165) is 11.8 Å². The zero-order chi connectivity index (χ0) is 18.7. The maximum Gasteiger partial charge on any atom is 0.268 e. The predicted octanol–water partition coefficient (Wildman–Crippen LogP) is 3.08. The molecule has 4 bridgehead atoms. The maximum absolute atomic E-state index is 13.2. The Morgan fingerprint density at radius 2 is 1.74 bits per heavy atom. The van der Waals surface area contributed by atoms with Gasteiger partial charge in [-0.3, -0.25) is 14.5 Å². The number of anilines is 1. The van der Waals surface area contributed by atoms with E-state index < -0.39 is 6.10 Å². The van der Waals surface area contributed by atoms with Gasteiger partial charge in [0.15, 0.2) is 6.10 Å². The number of nitrogens with zero attached hydrogens (tertiary/aromatic N) is 2. The second kappa shape index (κ2) is 6.25. The van der Waals surface area contributed by atoms with Crippen LogP contribution in [0.15, 0.2) is 24.3 Å². The van der Waals surface area contributed by atoms with Crippen LogP contribution in [0.2, 0.25) is 0 Å². The average molecular weight is 368 g/mol. The van der Waals surface area contributed by atoms with E-state index in [0.29, 0.717) is 29.3 Å². The highest BCUT2D eigenvalue weighted by molar-refractivity contribution is 6.03. The van der Waals surface area contributed by atoms with Crippen molar-refractivity contribution in [3.8, 4) is 5.75 Å². The number of ether oxygens (including phenoxy) is 1. The quantitative estimate of drug-likeness (QED) is 0.824. The van der Waals surface area contributed by atoms with Gasteiger partial charge in [-0.1, -0.05) is 12.1 Å². The Hall–Kier alpha value is -2.04. The summed E-state index contributed by atoms with van der Waals surface area (Å²) >= 11 is 0. The van der Waals surface area contributed by atoms with Crippen molar-refractivity contribution in [2.75, 3.05) is 18.5 Å². The number of fused-ring (bicyclic) bond motifs is 1. The molecular formula is C22H28N2O3. The molecule has 1 aliphatic heterocycles. The molecule has 27 heavy (non-hydrogen) atoms.